The van der Waals surface area contributed by atoms with Gasteiger partial charge in [-0.3, -0.25) is 4.79 Å². The quantitative estimate of drug-likeness (QED) is 0.901. The molecule has 1 saturated heterocycles. The van der Waals surface area contributed by atoms with E-state index < -0.39 is 17.4 Å². The molecule has 2 aliphatic heterocycles. The van der Waals surface area contributed by atoms with Crippen molar-refractivity contribution in [3.8, 4) is 0 Å². The van der Waals surface area contributed by atoms with Crippen LogP contribution in [-0.2, 0) is 10.5 Å². The van der Waals surface area contributed by atoms with E-state index in [0.29, 0.717) is 12.8 Å². The van der Waals surface area contributed by atoms with Gasteiger partial charge in [-0.05, 0) is 45.1 Å². The van der Waals surface area contributed by atoms with Crippen LogP contribution in [0, 0.1) is 17.6 Å². The number of hydrogen-bond donors (Lipinski definition) is 1. The highest BCUT2D eigenvalue weighted by atomic mass is 19.1. The number of rotatable bonds is 2. The van der Waals surface area contributed by atoms with Crippen molar-refractivity contribution in [2.45, 2.75) is 25.0 Å². The van der Waals surface area contributed by atoms with E-state index in [1.165, 1.54) is 6.21 Å². The lowest BCUT2D eigenvalue weighted by Crippen LogP contribution is -2.48. The second-order valence-electron chi connectivity index (χ2n) is 6.20. The van der Waals surface area contributed by atoms with E-state index in [4.69, 9.17) is 0 Å². The van der Waals surface area contributed by atoms with Crippen molar-refractivity contribution in [2.24, 2.45) is 11.0 Å². The lowest BCUT2D eigenvalue weighted by atomic mass is 9.93. The number of carbonyl (C=O) groups is 1. The van der Waals surface area contributed by atoms with Crippen molar-refractivity contribution in [1.82, 2.24) is 9.91 Å². The van der Waals surface area contributed by atoms with Gasteiger partial charge in [0, 0.05) is 30.2 Å². The first-order chi connectivity index (χ1) is 10.9. The van der Waals surface area contributed by atoms with E-state index in [9.17, 15) is 18.7 Å². The van der Waals surface area contributed by atoms with Crippen LogP contribution in [0.2, 0.25) is 0 Å². The summed E-state index contributed by atoms with van der Waals surface area (Å²) in [6, 6.07) is 2.80. The predicted molar refractivity (Wildman–Crippen MR) is 80.4 cm³/mol. The minimum Gasteiger partial charge on any atom is -0.365 e. The molecule has 23 heavy (non-hydrogen) atoms. The van der Waals surface area contributed by atoms with E-state index in [1.54, 1.807) is 0 Å². The number of amides is 1. The van der Waals surface area contributed by atoms with E-state index in [2.05, 4.69) is 10.0 Å². The molecule has 1 N–H and O–H groups in total. The monoisotopic (exact) mass is 323 g/mol. The average molecular weight is 323 g/mol. The zero-order chi connectivity index (χ0) is 16.6. The molecule has 124 valence electrons. The molecule has 7 heteroatoms. The molecule has 1 atom stereocenters. The number of aliphatic hydroxyl groups is 1. The first-order valence-electron chi connectivity index (χ1n) is 7.64. The van der Waals surface area contributed by atoms with Gasteiger partial charge in [0.15, 0.2) is 5.72 Å². The van der Waals surface area contributed by atoms with Crippen molar-refractivity contribution in [3.05, 3.63) is 35.4 Å². The summed E-state index contributed by atoms with van der Waals surface area (Å²) < 4.78 is 27.0. The Morgan fingerprint density at radius 3 is 2.48 bits per heavy atom. The summed E-state index contributed by atoms with van der Waals surface area (Å²) in [5, 5.41) is 15.8. The highest BCUT2D eigenvalue weighted by Gasteiger charge is 2.45. The van der Waals surface area contributed by atoms with Crippen LogP contribution >= 0.6 is 0 Å². The Bertz CT molecular complexity index is 624. The summed E-state index contributed by atoms with van der Waals surface area (Å²) >= 11 is 0. The zero-order valence-corrected chi connectivity index (χ0v) is 12.9. The number of likely N-dealkylation sites (tertiary alicyclic amines) is 1. The van der Waals surface area contributed by atoms with Gasteiger partial charge >= 0.3 is 0 Å². The van der Waals surface area contributed by atoms with Crippen LogP contribution in [-0.4, -0.2) is 47.3 Å². The molecule has 2 aliphatic rings. The third-order valence-electron chi connectivity index (χ3n) is 4.52. The average Bonchev–Trinajstić information content (AvgIpc) is 2.89. The van der Waals surface area contributed by atoms with Crippen LogP contribution < -0.4 is 0 Å². The predicted octanol–water partition coefficient (Wildman–Crippen LogP) is 1.67. The maximum atomic E-state index is 13.5. The van der Waals surface area contributed by atoms with Crippen LogP contribution in [0.1, 0.15) is 24.8 Å². The number of benzene rings is 1. The summed E-state index contributed by atoms with van der Waals surface area (Å²) in [5.41, 5.74) is -1.84. The molecule has 1 fully saturated rings. The Morgan fingerprint density at radius 2 is 1.87 bits per heavy atom. The number of hydrogen-bond acceptors (Lipinski definition) is 4. The molecule has 0 aliphatic carbocycles. The Morgan fingerprint density at radius 1 is 1.26 bits per heavy atom. The maximum absolute atomic E-state index is 13.5. The van der Waals surface area contributed by atoms with Gasteiger partial charge in [0.05, 0.1) is 0 Å². The van der Waals surface area contributed by atoms with Crippen LogP contribution in [0.5, 0.6) is 0 Å². The minimum absolute atomic E-state index is 0.00576. The minimum atomic E-state index is -1.83. The van der Waals surface area contributed by atoms with Crippen molar-refractivity contribution in [3.63, 3.8) is 0 Å². The van der Waals surface area contributed by atoms with E-state index >= 15 is 0 Å². The summed E-state index contributed by atoms with van der Waals surface area (Å²) in [7, 11) is 1.99. The fraction of sp³-hybridized carbons (Fsp3) is 0.500. The lowest BCUT2D eigenvalue weighted by molar-refractivity contribution is -0.163. The molecule has 1 unspecified atom stereocenters. The van der Waals surface area contributed by atoms with Crippen molar-refractivity contribution >= 4 is 12.1 Å². The smallest absolute Gasteiger partial charge is 0.248 e. The fourth-order valence-corrected chi connectivity index (χ4v) is 3.12. The Hall–Kier alpha value is -1.86. The molecule has 2 heterocycles. The van der Waals surface area contributed by atoms with Crippen LogP contribution in [0.4, 0.5) is 8.78 Å². The van der Waals surface area contributed by atoms with Gasteiger partial charge in [-0.15, -0.1) is 0 Å². The summed E-state index contributed by atoms with van der Waals surface area (Å²) in [6.45, 7) is 1.59. The maximum Gasteiger partial charge on any atom is 0.248 e. The largest absolute Gasteiger partial charge is 0.365 e. The second kappa shape index (κ2) is 5.98. The molecule has 5 nitrogen and oxygen atoms in total. The molecular formula is C16H19F2N3O2. The molecular weight excluding hydrogens is 304 g/mol. The van der Waals surface area contributed by atoms with Gasteiger partial charge in [0.1, 0.15) is 11.6 Å². The molecule has 1 aromatic rings. The highest BCUT2D eigenvalue weighted by Crippen LogP contribution is 2.36. The Kier molecular flexibility index (Phi) is 4.16. The topological polar surface area (TPSA) is 56.1 Å². The molecule has 3 rings (SSSR count). The molecule has 0 saturated carbocycles. The van der Waals surface area contributed by atoms with Crippen LogP contribution in [0.15, 0.2) is 23.3 Å². The standard InChI is InChI=1S/C16H19F2N3O2/c1-20-6-2-11(3-7-20)15(22)21-16(23,4-5-19-21)12-8-13(17)10-14(18)9-12/h5,8-11,23H,2-4,6-7H2,1H3. The fourth-order valence-electron chi connectivity index (χ4n) is 3.12. The molecule has 0 aromatic heterocycles. The second-order valence-corrected chi connectivity index (χ2v) is 6.20. The van der Waals surface area contributed by atoms with Gasteiger partial charge in [0.25, 0.3) is 0 Å². The number of hydrazone groups is 1. The van der Waals surface area contributed by atoms with Gasteiger partial charge in [0.2, 0.25) is 5.91 Å². The number of halogens is 2. The van der Waals surface area contributed by atoms with Crippen LogP contribution in [0.25, 0.3) is 0 Å². The summed E-state index contributed by atoms with van der Waals surface area (Å²) in [5.74, 6) is -2.15. The van der Waals surface area contributed by atoms with Gasteiger partial charge in [-0.1, -0.05) is 0 Å². The first kappa shape index (κ1) is 16.0. The molecule has 1 amide bonds. The normalized spacial score (nSPS) is 26.0. The van der Waals surface area contributed by atoms with Gasteiger partial charge < -0.3 is 10.0 Å². The zero-order valence-electron chi connectivity index (χ0n) is 12.9. The Labute approximate surface area is 133 Å². The van der Waals surface area contributed by atoms with Crippen molar-refractivity contribution in [1.29, 1.82) is 0 Å². The highest BCUT2D eigenvalue weighted by molar-refractivity contribution is 5.82. The van der Waals surface area contributed by atoms with Crippen molar-refractivity contribution in [2.75, 3.05) is 20.1 Å². The van der Waals surface area contributed by atoms with Gasteiger partial charge in [-0.25, -0.2) is 8.78 Å². The third-order valence-corrected chi connectivity index (χ3v) is 4.52. The Balaban J connectivity index is 1.86. The van der Waals surface area contributed by atoms with Gasteiger partial charge in [-0.2, -0.15) is 10.1 Å². The summed E-state index contributed by atoms with van der Waals surface area (Å²) in [6.07, 6.45) is 2.76. The molecule has 0 bridgehead atoms. The number of piperidine rings is 1. The third kappa shape index (κ3) is 2.98. The summed E-state index contributed by atoms with van der Waals surface area (Å²) in [4.78, 5) is 14.8. The number of nitrogens with zero attached hydrogens (tertiary/aromatic N) is 3. The first-order valence-corrected chi connectivity index (χ1v) is 7.64. The van der Waals surface area contributed by atoms with E-state index in [-0.39, 0.29) is 23.8 Å². The molecule has 0 radical (unpaired) electrons. The van der Waals surface area contributed by atoms with Crippen LogP contribution in [0.3, 0.4) is 0 Å². The van der Waals surface area contributed by atoms with E-state index in [0.717, 1.165) is 36.3 Å². The molecule has 1 aromatic carbocycles. The van der Waals surface area contributed by atoms with E-state index in [1.807, 2.05) is 7.05 Å². The lowest BCUT2D eigenvalue weighted by Gasteiger charge is -2.36. The van der Waals surface area contributed by atoms with Crippen molar-refractivity contribution < 1.29 is 18.7 Å². The number of carbonyl (C=O) groups excluding carboxylic acids is 1. The SMILES string of the molecule is CN1CCC(C(=O)N2N=CCC2(O)c2cc(F)cc(F)c2)CC1. The molecule has 0 spiro atoms.